The summed E-state index contributed by atoms with van der Waals surface area (Å²) in [7, 11) is 3.27. The van der Waals surface area contributed by atoms with Crippen molar-refractivity contribution in [3.8, 4) is 0 Å². The van der Waals surface area contributed by atoms with Gasteiger partial charge in [0.2, 0.25) is 5.91 Å². The minimum absolute atomic E-state index is 0.00402. The van der Waals surface area contributed by atoms with E-state index in [9.17, 15) is 4.79 Å². The van der Waals surface area contributed by atoms with Gasteiger partial charge >= 0.3 is 0 Å². The average Bonchev–Trinajstić information content (AvgIpc) is 2.31. The predicted molar refractivity (Wildman–Crippen MR) is 63.2 cm³/mol. The van der Waals surface area contributed by atoms with Gasteiger partial charge in [0, 0.05) is 33.9 Å². The van der Waals surface area contributed by atoms with Crippen LogP contribution in [0.4, 0.5) is 0 Å². The van der Waals surface area contributed by atoms with Gasteiger partial charge in [-0.3, -0.25) is 4.79 Å². The maximum absolute atomic E-state index is 11.9. The van der Waals surface area contributed by atoms with Crippen molar-refractivity contribution in [2.75, 3.05) is 40.5 Å². The Morgan fingerprint density at radius 2 is 1.88 bits per heavy atom. The van der Waals surface area contributed by atoms with E-state index >= 15 is 0 Å². The largest absolute Gasteiger partial charge is 0.385 e. The summed E-state index contributed by atoms with van der Waals surface area (Å²) in [5, 5.41) is 0. The van der Waals surface area contributed by atoms with Crippen LogP contribution in [-0.4, -0.2) is 57.4 Å². The van der Waals surface area contributed by atoms with Crippen LogP contribution in [0.3, 0.4) is 0 Å². The molecule has 5 heteroatoms. The Labute approximate surface area is 97.9 Å². The second-order valence-electron chi connectivity index (χ2n) is 3.68. The summed E-state index contributed by atoms with van der Waals surface area (Å²) in [5.41, 5.74) is 5.73. The highest BCUT2D eigenvalue weighted by Crippen LogP contribution is 1.99. The molecule has 0 unspecified atom stereocenters. The molecule has 0 aromatic carbocycles. The van der Waals surface area contributed by atoms with Crippen LogP contribution >= 0.6 is 0 Å². The molecule has 2 N–H and O–H groups in total. The van der Waals surface area contributed by atoms with Crippen molar-refractivity contribution in [1.82, 2.24) is 4.90 Å². The Balaban J connectivity index is 4.12. The van der Waals surface area contributed by atoms with Gasteiger partial charge in [0.1, 0.15) is 0 Å². The molecule has 0 bridgehead atoms. The number of nitrogens with zero attached hydrogens (tertiary/aromatic N) is 1. The fraction of sp³-hybridized carbons (Fsp3) is 0.909. The molecule has 5 nitrogen and oxygen atoms in total. The Bertz CT molecular complexity index is 188. The highest BCUT2D eigenvalue weighted by Gasteiger charge is 2.18. The van der Waals surface area contributed by atoms with Gasteiger partial charge in [-0.05, 0) is 12.8 Å². The topological polar surface area (TPSA) is 64.8 Å². The second-order valence-corrected chi connectivity index (χ2v) is 3.68. The van der Waals surface area contributed by atoms with Crippen LogP contribution in [0, 0.1) is 0 Å². The lowest BCUT2D eigenvalue weighted by Gasteiger charge is -2.25. The zero-order valence-corrected chi connectivity index (χ0v) is 10.6. The van der Waals surface area contributed by atoms with Crippen molar-refractivity contribution < 1.29 is 14.3 Å². The average molecular weight is 232 g/mol. The van der Waals surface area contributed by atoms with Crippen LogP contribution in [-0.2, 0) is 14.3 Å². The van der Waals surface area contributed by atoms with Crippen molar-refractivity contribution in [3.63, 3.8) is 0 Å². The molecule has 0 spiro atoms. The predicted octanol–water partition coefficient (Wildman–Crippen LogP) is 0.235. The zero-order valence-electron chi connectivity index (χ0n) is 10.6. The first-order chi connectivity index (χ1) is 7.67. The lowest BCUT2D eigenvalue weighted by molar-refractivity contribution is -0.133. The molecule has 0 aliphatic heterocycles. The van der Waals surface area contributed by atoms with Crippen LogP contribution in [0.1, 0.15) is 19.8 Å². The summed E-state index contributed by atoms with van der Waals surface area (Å²) < 4.78 is 9.94. The van der Waals surface area contributed by atoms with Gasteiger partial charge in [-0.15, -0.1) is 0 Å². The molecule has 0 saturated heterocycles. The van der Waals surface area contributed by atoms with E-state index in [-0.39, 0.29) is 5.91 Å². The fourth-order valence-electron chi connectivity index (χ4n) is 1.34. The zero-order chi connectivity index (χ0) is 12.4. The van der Waals surface area contributed by atoms with E-state index in [2.05, 4.69) is 0 Å². The lowest BCUT2D eigenvalue weighted by atomic mass is 10.2. The van der Waals surface area contributed by atoms with E-state index in [1.807, 2.05) is 6.92 Å². The van der Waals surface area contributed by atoms with Crippen molar-refractivity contribution >= 4 is 5.91 Å². The van der Waals surface area contributed by atoms with Gasteiger partial charge in [0.25, 0.3) is 0 Å². The first-order valence-corrected chi connectivity index (χ1v) is 5.69. The number of rotatable bonds is 9. The second kappa shape index (κ2) is 9.57. The minimum atomic E-state index is -0.403. The molecular weight excluding hydrogens is 208 g/mol. The van der Waals surface area contributed by atoms with Crippen molar-refractivity contribution in [2.45, 2.75) is 25.8 Å². The Hall–Kier alpha value is -0.650. The summed E-state index contributed by atoms with van der Waals surface area (Å²) in [6, 6.07) is -0.403. The minimum Gasteiger partial charge on any atom is -0.385 e. The molecule has 16 heavy (non-hydrogen) atoms. The molecule has 0 aliphatic rings. The molecule has 96 valence electrons. The van der Waals surface area contributed by atoms with Crippen LogP contribution < -0.4 is 5.73 Å². The highest BCUT2D eigenvalue weighted by atomic mass is 16.5. The number of hydrogen-bond acceptors (Lipinski definition) is 4. The molecule has 0 aliphatic carbocycles. The summed E-state index contributed by atoms with van der Waals surface area (Å²) in [6.07, 6.45) is 1.48. The summed E-state index contributed by atoms with van der Waals surface area (Å²) in [4.78, 5) is 13.6. The highest BCUT2D eigenvalue weighted by molar-refractivity contribution is 5.81. The first kappa shape index (κ1) is 15.3. The SMILES string of the molecule is CC[C@@H](N)C(=O)N(CCCOC)CCOC. The third-order valence-corrected chi connectivity index (χ3v) is 2.41. The van der Waals surface area contributed by atoms with Gasteiger partial charge in [0.05, 0.1) is 12.6 Å². The number of carbonyl (C=O) groups excluding carboxylic acids is 1. The maximum atomic E-state index is 11.9. The van der Waals surface area contributed by atoms with Gasteiger partial charge in [-0.2, -0.15) is 0 Å². The molecule has 0 radical (unpaired) electrons. The van der Waals surface area contributed by atoms with Crippen LogP contribution in [0.2, 0.25) is 0 Å². The van der Waals surface area contributed by atoms with Crippen LogP contribution in [0.15, 0.2) is 0 Å². The van der Waals surface area contributed by atoms with Crippen molar-refractivity contribution in [2.24, 2.45) is 5.73 Å². The van der Waals surface area contributed by atoms with E-state index < -0.39 is 6.04 Å². The monoisotopic (exact) mass is 232 g/mol. The van der Waals surface area contributed by atoms with Crippen LogP contribution in [0.5, 0.6) is 0 Å². The fourth-order valence-corrected chi connectivity index (χ4v) is 1.34. The quantitative estimate of drug-likeness (QED) is 0.578. The molecule has 0 heterocycles. The Morgan fingerprint density at radius 1 is 1.25 bits per heavy atom. The third-order valence-electron chi connectivity index (χ3n) is 2.41. The van der Waals surface area contributed by atoms with E-state index in [0.29, 0.717) is 32.7 Å². The summed E-state index contributed by atoms with van der Waals surface area (Å²) in [6.45, 7) is 4.36. The number of carbonyl (C=O) groups is 1. The van der Waals surface area contributed by atoms with E-state index in [1.54, 1.807) is 19.1 Å². The molecule has 0 saturated carbocycles. The summed E-state index contributed by atoms with van der Waals surface area (Å²) in [5.74, 6) is -0.00402. The molecule has 1 amide bonds. The normalized spacial score (nSPS) is 12.5. The molecule has 0 aromatic heterocycles. The Morgan fingerprint density at radius 3 is 2.38 bits per heavy atom. The number of amides is 1. The standard InChI is InChI=1S/C11H24N2O3/c1-4-10(12)11(14)13(7-9-16-3)6-5-8-15-2/h10H,4-9,12H2,1-3H3/t10-/m1/s1. The van der Waals surface area contributed by atoms with Crippen LogP contribution in [0.25, 0.3) is 0 Å². The van der Waals surface area contributed by atoms with E-state index in [1.165, 1.54) is 0 Å². The molecule has 0 aromatic rings. The van der Waals surface area contributed by atoms with E-state index in [0.717, 1.165) is 6.42 Å². The number of ether oxygens (including phenoxy) is 2. The van der Waals surface area contributed by atoms with Gasteiger partial charge in [-0.1, -0.05) is 6.92 Å². The molecular formula is C11H24N2O3. The van der Waals surface area contributed by atoms with Crippen molar-refractivity contribution in [3.05, 3.63) is 0 Å². The third kappa shape index (κ3) is 6.05. The smallest absolute Gasteiger partial charge is 0.239 e. The first-order valence-electron chi connectivity index (χ1n) is 5.69. The van der Waals surface area contributed by atoms with Gasteiger partial charge < -0.3 is 20.1 Å². The number of nitrogens with two attached hydrogens (primary N) is 1. The molecule has 1 atom stereocenters. The number of hydrogen-bond donors (Lipinski definition) is 1. The van der Waals surface area contributed by atoms with Gasteiger partial charge in [-0.25, -0.2) is 0 Å². The summed E-state index contributed by atoms with van der Waals surface area (Å²) >= 11 is 0. The van der Waals surface area contributed by atoms with Gasteiger partial charge in [0.15, 0.2) is 0 Å². The number of methoxy groups -OCH3 is 2. The lowest BCUT2D eigenvalue weighted by Crippen LogP contribution is -2.45. The molecule has 0 fully saturated rings. The maximum Gasteiger partial charge on any atom is 0.239 e. The Kier molecular flexibility index (Phi) is 9.18. The van der Waals surface area contributed by atoms with Crippen molar-refractivity contribution in [1.29, 1.82) is 0 Å². The van der Waals surface area contributed by atoms with E-state index in [4.69, 9.17) is 15.2 Å². The molecule has 0 rings (SSSR count).